The normalized spacial score (nSPS) is 20.5. The van der Waals surface area contributed by atoms with Gasteiger partial charge < -0.3 is 4.98 Å². The predicted molar refractivity (Wildman–Crippen MR) is 98.0 cm³/mol. The summed E-state index contributed by atoms with van der Waals surface area (Å²) in [5, 5.41) is 0. The van der Waals surface area contributed by atoms with Gasteiger partial charge in [-0.25, -0.2) is 4.90 Å². The number of carbonyl (C=O) groups excluding carboxylic acids is 2. The van der Waals surface area contributed by atoms with Crippen LogP contribution in [0, 0.1) is 13.8 Å². The van der Waals surface area contributed by atoms with Gasteiger partial charge in [0.2, 0.25) is 5.91 Å². The average Bonchev–Trinajstić information content (AvgIpc) is 2.90. The Morgan fingerprint density at radius 1 is 1.08 bits per heavy atom. The Balaban J connectivity index is 1.65. The number of H-pyrrole nitrogens is 1. The molecule has 134 valence electrons. The molecular formula is C20H21N3O3. The van der Waals surface area contributed by atoms with Gasteiger partial charge in [0.1, 0.15) is 0 Å². The molecule has 26 heavy (non-hydrogen) atoms. The Labute approximate surface area is 151 Å². The highest BCUT2D eigenvalue weighted by Gasteiger charge is 2.44. The summed E-state index contributed by atoms with van der Waals surface area (Å²) in [6.07, 6.45) is 2.52. The van der Waals surface area contributed by atoms with Crippen molar-refractivity contribution in [2.45, 2.75) is 39.3 Å². The number of fused-ring (bicyclic) bond motifs is 1. The van der Waals surface area contributed by atoms with E-state index in [4.69, 9.17) is 0 Å². The first kappa shape index (κ1) is 16.7. The zero-order valence-corrected chi connectivity index (χ0v) is 14.9. The lowest BCUT2D eigenvalue weighted by molar-refractivity contribution is -0.123. The summed E-state index contributed by atoms with van der Waals surface area (Å²) in [4.78, 5) is 43.9. The molecule has 1 unspecified atom stereocenters. The minimum atomic E-state index is -0.505. The van der Waals surface area contributed by atoms with Gasteiger partial charge in [0.25, 0.3) is 11.5 Å². The fraction of sp³-hybridized carbons (Fsp3) is 0.350. The number of aryl methyl sites for hydroxylation is 2. The number of aromatic nitrogens is 1. The summed E-state index contributed by atoms with van der Waals surface area (Å²) >= 11 is 0. The molecule has 0 saturated carbocycles. The number of amides is 2. The molecule has 1 N–H and O–H groups in total. The third kappa shape index (κ3) is 2.57. The van der Waals surface area contributed by atoms with Gasteiger partial charge in [-0.3, -0.25) is 19.3 Å². The van der Waals surface area contributed by atoms with Gasteiger partial charge in [-0.15, -0.1) is 0 Å². The number of anilines is 1. The molecule has 1 atom stereocenters. The predicted octanol–water partition coefficient (Wildman–Crippen LogP) is 1.68. The molecule has 3 heterocycles. The largest absolute Gasteiger partial charge is 0.329 e. The minimum Gasteiger partial charge on any atom is -0.329 e. The van der Waals surface area contributed by atoms with E-state index < -0.39 is 6.04 Å². The van der Waals surface area contributed by atoms with Gasteiger partial charge in [0.15, 0.2) is 0 Å². The number of pyridine rings is 1. The molecule has 1 saturated heterocycles. The van der Waals surface area contributed by atoms with Crippen molar-refractivity contribution in [3.05, 3.63) is 63.1 Å². The first-order chi connectivity index (χ1) is 12.5. The number of rotatable bonds is 2. The highest BCUT2D eigenvalue weighted by atomic mass is 16.2. The number of hydrogen-bond acceptors (Lipinski definition) is 4. The summed E-state index contributed by atoms with van der Waals surface area (Å²) in [5.74, 6) is -0.367. The molecule has 2 aliphatic rings. The number of para-hydroxylation sites is 1. The molecule has 1 aromatic heterocycles. The lowest BCUT2D eigenvalue weighted by Gasteiger charge is -2.31. The molecule has 2 amide bonds. The van der Waals surface area contributed by atoms with Crippen molar-refractivity contribution >= 4 is 17.5 Å². The van der Waals surface area contributed by atoms with Crippen LogP contribution in [0.4, 0.5) is 5.69 Å². The van der Waals surface area contributed by atoms with E-state index in [1.807, 2.05) is 43.0 Å². The van der Waals surface area contributed by atoms with Gasteiger partial charge in [-0.05, 0) is 43.0 Å². The van der Waals surface area contributed by atoms with Gasteiger partial charge in [-0.1, -0.05) is 18.2 Å². The fourth-order valence-electron chi connectivity index (χ4n) is 4.07. The van der Waals surface area contributed by atoms with Crippen molar-refractivity contribution in [2.24, 2.45) is 0 Å². The molecule has 6 heteroatoms. The van der Waals surface area contributed by atoms with E-state index in [-0.39, 0.29) is 23.8 Å². The Morgan fingerprint density at radius 2 is 1.81 bits per heavy atom. The molecule has 0 aliphatic carbocycles. The molecule has 0 radical (unpaired) electrons. The zero-order valence-electron chi connectivity index (χ0n) is 14.9. The van der Waals surface area contributed by atoms with Crippen LogP contribution in [0.15, 0.2) is 35.3 Å². The van der Waals surface area contributed by atoms with E-state index in [0.717, 1.165) is 16.7 Å². The Kier molecular flexibility index (Phi) is 4.00. The molecule has 2 aromatic rings. The van der Waals surface area contributed by atoms with Crippen molar-refractivity contribution in [3.63, 3.8) is 0 Å². The first-order valence-electron chi connectivity index (χ1n) is 8.84. The maximum Gasteiger partial charge on any atom is 0.252 e. The summed E-state index contributed by atoms with van der Waals surface area (Å²) in [5.41, 5.74) is 4.12. The number of aromatic amines is 1. The van der Waals surface area contributed by atoms with Crippen LogP contribution in [0.3, 0.4) is 0 Å². The summed E-state index contributed by atoms with van der Waals surface area (Å²) in [7, 11) is 0. The molecule has 6 nitrogen and oxygen atoms in total. The third-order valence-corrected chi connectivity index (χ3v) is 5.42. The Bertz CT molecular complexity index is 943. The van der Waals surface area contributed by atoms with Gasteiger partial charge >= 0.3 is 0 Å². The van der Waals surface area contributed by atoms with E-state index in [1.54, 1.807) is 6.20 Å². The number of nitrogens with zero attached hydrogens (tertiary/aromatic N) is 2. The van der Waals surface area contributed by atoms with Crippen molar-refractivity contribution in [3.8, 4) is 0 Å². The summed E-state index contributed by atoms with van der Waals surface area (Å²) in [6, 6.07) is 7.15. The monoisotopic (exact) mass is 351 g/mol. The number of nitrogens with one attached hydrogen (secondary N) is 1. The minimum absolute atomic E-state index is 0.115. The molecule has 4 rings (SSSR count). The topological polar surface area (TPSA) is 73.5 Å². The second-order valence-corrected chi connectivity index (χ2v) is 7.06. The van der Waals surface area contributed by atoms with Crippen LogP contribution in [0.2, 0.25) is 0 Å². The van der Waals surface area contributed by atoms with Crippen molar-refractivity contribution in [1.29, 1.82) is 0 Å². The number of imide groups is 1. The van der Waals surface area contributed by atoms with E-state index in [1.165, 1.54) is 4.90 Å². The summed E-state index contributed by atoms with van der Waals surface area (Å²) < 4.78 is 0. The zero-order chi connectivity index (χ0) is 18.4. The molecular weight excluding hydrogens is 330 g/mol. The second-order valence-electron chi connectivity index (χ2n) is 7.06. The number of hydrogen-bond donors (Lipinski definition) is 1. The van der Waals surface area contributed by atoms with Crippen LogP contribution < -0.4 is 10.5 Å². The van der Waals surface area contributed by atoms with Crippen LogP contribution in [0.1, 0.15) is 28.7 Å². The van der Waals surface area contributed by atoms with Crippen LogP contribution in [-0.4, -0.2) is 34.3 Å². The van der Waals surface area contributed by atoms with Gasteiger partial charge in [0, 0.05) is 24.8 Å². The lowest BCUT2D eigenvalue weighted by Crippen LogP contribution is -2.46. The SMILES string of the molecule is Cc1cccc(C)c1N1C(=O)CC(N2CCc3cc[nH]c(=O)c3C2)C1=O. The fourth-order valence-corrected chi connectivity index (χ4v) is 4.07. The van der Waals surface area contributed by atoms with Gasteiger partial charge in [-0.2, -0.15) is 0 Å². The molecule has 0 bridgehead atoms. The van der Waals surface area contributed by atoms with E-state index >= 15 is 0 Å². The Hall–Kier alpha value is -2.73. The molecule has 1 fully saturated rings. The quantitative estimate of drug-likeness (QED) is 0.836. The molecule has 1 aromatic carbocycles. The molecule has 2 aliphatic heterocycles. The van der Waals surface area contributed by atoms with Gasteiger partial charge in [0.05, 0.1) is 18.2 Å². The Morgan fingerprint density at radius 3 is 2.54 bits per heavy atom. The number of carbonyl (C=O) groups is 2. The van der Waals surface area contributed by atoms with E-state index in [9.17, 15) is 14.4 Å². The van der Waals surface area contributed by atoms with Crippen LogP contribution in [0.25, 0.3) is 0 Å². The molecule has 0 spiro atoms. The maximum absolute atomic E-state index is 13.1. The van der Waals surface area contributed by atoms with E-state index in [2.05, 4.69) is 4.98 Å². The van der Waals surface area contributed by atoms with Crippen molar-refractivity contribution in [2.75, 3.05) is 11.4 Å². The third-order valence-electron chi connectivity index (χ3n) is 5.42. The van der Waals surface area contributed by atoms with E-state index in [0.29, 0.717) is 30.8 Å². The highest BCUT2D eigenvalue weighted by Crippen LogP contribution is 2.32. The standard InChI is InChI=1S/C20H21N3O3/c1-12-4-3-5-13(2)18(12)23-17(24)10-16(20(23)26)22-9-7-14-6-8-21-19(25)15(14)11-22/h3-6,8,16H,7,9-11H2,1-2H3,(H,21,25). The van der Waals surface area contributed by atoms with Crippen LogP contribution in [-0.2, 0) is 22.6 Å². The van der Waals surface area contributed by atoms with Crippen LogP contribution >= 0.6 is 0 Å². The average molecular weight is 351 g/mol. The lowest BCUT2D eigenvalue weighted by atomic mass is 10.00. The summed E-state index contributed by atoms with van der Waals surface area (Å²) in [6.45, 7) is 4.89. The smallest absolute Gasteiger partial charge is 0.252 e. The first-order valence-corrected chi connectivity index (χ1v) is 8.84. The second kappa shape index (κ2) is 6.21. The highest BCUT2D eigenvalue weighted by molar-refractivity contribution is 6.23. The number of benzene rings is 1. The van der Waals surface area contributed by atoms with Crippen LogP contribution in [0.5, 0.6) is 0 Å². The van der Waals surface area contributed by atoms with Crippen molar-refractivity contribution < 1.29 is 9.59 Å². The maximum atomic E-state index is 13.1. The van der Waals surface area contributed by atoms with Crippen molar-refractivity contribution in [1.82, 2.24) is 9.88 Å².